The summed E-state index contributed by atoms with van der Waals surface area (Å²) in [6, 6.07) is 15.9. The molecular formula is C23H25FN4O2S. The Balaban J connectivity index is 1.54. The van der Waals surface area contributed by atoms with Crippen LogP contribution in [0.3, 0.4) is 0 Å². The predicted octanol–water partition coefficient (Wildman–Crippen LogP) is 4.19. The zero-order chi connectivity index (χ0) is 21.6. The number of para-hydroxylation sites is 1. The second-order valence-corrected chi connectivity index (χ2v) is 8.27. The van der Waals surface area contributed by atoms with Gasteiger partial charge in [0.2, 0.25) is 5.91 Å². The van der Waals surface area contributed by atoms with Crippen molar-refractivity contribution in [2.24, 2.45) is 0 Å². The number of carbonyl (C=O) groups is 1. The predicted molar refractivity (Wildman–Crippen MR) is 119 cm³/mol. The second kappa shape index (κ2) is 10.1. The average Bonchev–Trinajstić information content (AvgIpc) is 3.23. The van der Waals surface area contributed by atoms with Crippen molar-refractivity contribution in [2.75, 3.05) is 25.4 Å². The molecule has 2 aromatic carbocycles. The highest BCUT2D eigenvalue weighted by Crippen LogP contribution is 2.28. The first-order valence-corrected chi connectivity index (χ1v) is 11.4. The standard InChI is InChI=1S/C23H25FN4O2S/c1-2-30-20-9-6-14-27(15-20)21(29)16-31-23-26-25-22(17-10-12-18(24)13-11-17)28(23)19-7-4-3-5-8-19/h3-5,7-8,10-13,20H,2,6,9,14-16H2,1H3. The summed E-state index contributed by atoms with van der Waals surface area (Å²) in [5.41, 5.74) is 1.64. The van der Waals surface area contributed by atoms with Gasteiger partial charge in [-0.2, -0.15) is 0 Å². The molecule has 0 N–H and O–H groups in total. The lowest BCUT2D eigenvalue weighted by Crippen LogP contribution is -2.44. The molecule has 1 aliphatic heterocycles. The van der Waals surface area contributed by atoms with Gasteiger partial charge in [-0.1, -0.05) is 30.0 Å². The summed E-state index contributed by atoms with van der Waals surface area (Å²) < 4.78 is 21.0. The van der Waals surface area contributed by atoms with Crippen LogP contribution in [0.15, 0.2) is 59.8 Å². The van der Waals surface area contributed by atoms with Gasteiger partial charge in [-0.3, -0.25) is 9.36 Å². The molecule has 1 aromatic heterocycles. The number of benzene rings is 2. The van der Waals surface area contributed by atoms with Crippen LogP contribution in [0.5, 0.6) is 0 Å². The molecule has 0 saturated carbocycles. The van der Waals surface area contributed by atoms with Crippen LogP contribution < -0.4 is 0 Å². The van der Waals surface area contributed by atoms with Crippen LogP contribution in [0.1, 0.15) is 19.8 Å². The van der Waals surface area contributed by atoms with Crippen LogP contribution in [0.25, 0.3) is 17.1 Å². The topological polar surface area (TPSA) is 60.2 Å². The van der Waals surface area contributed by atoms with E-state index in [0.717, 1.165) is 30.6 Å². The number of hydrogen-bond donors (Lipinski definition) is 0. The highest BCUT2D eigenvalue weighted by molar-refractivity contribution is 7.99. The van der Waals surface area contributed by atoms with Crippen LogP contribution in [0.4, 0.5) is 4.39 Å². The van der Waals surface area contributed by atoms with Crippen LogP contribution in [0, 0.1) is 5.82 Å². The summed E-state index contributed by atoms with van der Waals surface area (Å²) in [6.45, 7) is 4.04. The normalized spacial score (nSPS) is 16.5. The first-order chi connectivity index (χ1) is 15.2. The van der Waals surface area contributed by atoms with Crippen molar-refractivity contribution in [1.82, 2.24) is 19.7 Å². The maximum Gasteiger partial charge on any atom is 0.233 e. The molecule has 1 aliphatic rings. The third-order valence-electron chi connectivity index (χ3n) is 5.21. The Hall–Kier alpha value is -2.71. The molecule has 0 spiro atoms. The Morgan fingerprint density at radius 1 is 1.16 bits per heavy atom. The van der Waals surface area contributed by atoms with Gasteiger partial charge >= 0.3 is 0 Å². The van der Waals surface area contributed by atoms with E-state index >= 15 is 0 Å². The first-order valence-electron chi connectivity index (χ1n) is 10.4. The van der Waals surface area contributed by atoms with E-state index in [1.807, 2.05) is 46.7 Å². The molecule has 1 unspecified atom stereocenters. The summed E-state index contributed by atoms with van der Waals surface area (Å²) in [5, 5.41) is 9.31. The lowest BCUT2D eigenvalue weighted by Gasteiger charge is -2.32. The quantitative estimate of drug-likeness (QED) is 0.516. The van der Waals surface area contributed by atoms with E-state index in [4.69, 9.17) is 4.74 Å². The number of carbonyl (C=O) groups excluding carboxylic acids is 1. The van der Waals surface area contributed by atoms with Crippen molar-refractivity contribution in [2.45, 2.75) is 31.0 Å². The number of likely N-dealkylation sites (tertiary alicyclic amines) is 1. The van der Waals surface area contributed by atoms with Crippen molar-refractivity contribution in [3.8, 4) is 17.1 Å². The fourth-order valence-electron chi connectivity index (χ4n) is 3.71. The molecule has 31 heavy (non-hydrogen) atoms. The van der Waals surface area contributed by atoms with E-state index in [1.54, 1.807) is 12.1 Å². The largest absolute Gasteiger partial charge is 0.377 e. The lowest BCUT2D eigenvalue weighted by atomic mass is 10.1. The van der Waals surface area contributed by atoms with E-state index in [9.17, 15) is 9.18 Å². The van der Waals surface area contributed by atoms with E-state index in [-0.39, 0.29) is 23.6 Å². The molecule has 0 aliphatic carbocycles. The zero-order valence-corrected chi connectivity index (χ0v) is 18.2. The van der Waals surface area contributed by atoms with Crippen LogP contribution >= 0.6 is 11.8 Å². The summed E-state index contributed by atoms with van der Waals surface area (Å²) in [5.74, 6) is 0.644. The highest BCUT2D eigenvalue weighted by Gasteiger charge is 2.25. The molecule has 0 bridgehead atoms. The van der Waals surface area contributed by atoms with Gasteiger partial charge in [0.25, 0.3) is 0 Å². The third-order valence-corrected chi connectivity index (χ3v) is 6.12. The molecule has 3 aromatic rings. The molecule has 1 fully saturated rings. The van der Waals surface area contributed by atoms with Crippen molar-refractivity contribution < 1.29 is 13.9 Å². The first kappa shape index (κ1) is 21.5. The van der Waals surface area contributed by atoms with Crippen molar-refractivity contribution >= 4 is 17.7 Å². The van der Waals surface area contributed by atoms with Gasteiger partial charge in [-0.15, -0.1) is 10.2 Å². The molecule has 4 rings (SSSR count). The number of aromatic nitrogens is 3. The Labute approximate surface area is 185 Å². The molecular weight excluding hydrogens is 415 g/mol. The van der Waals surface area contributed by atoms with Crippen molar-refractivity contribution in [3.05, 3.63) is 60.4 Å². The lowest BCUT2D eigenvalue weighted by molar-refractivity contribution is -0.132. The van der Waals surface area contributed by atoms with Gasteiger partial charge in [0.15, 0.2) is 11.0 Å². The van der Waals surface area contributed by atoms with Crippen molar-refractivity contribution in [3.63, 3.8) is 0 Å². The number of thioether (sulfide) groups is 1. The second-order valence-electron chi connectivity index (χ2n) is 7.33. The summed E-state index contributed by atoms with van der Waals surface area (Å²) in [6.07, 6.45) is 2.06. The molecule has 162 valence electrons. The van der Waals surface area contributed by atoms with Crippen LogP contribution in [0.2, 0.25) is 0 Å². The van der Waals surface area contributed by atoms with E-state index in [1.165, 1.54) is 23.9 Å². The summed E-state index contributed by atoms with van der Waals surface area (Å²) in [7, 11) is 0. The minimum atomic E-state index is -0.304. The van der Waals surface area contributed by atoms with E-state index in [2.05, 4.69) is 10.2 Å². The van der Waals surface area contributed by atoms with Gasteiger partial charge in [-0.05, 0) is 56.2 Å². The Bertz CT molecular complexity index is 1010. The molecule has 2 heterocycles. The maximum atomic E-state index is 13.4. The van der Waals surface area contributed by atoms with Gasteiger partial charge in [0, 0.05) is 30.9 Å². The zero-order valence-electron chi connectivity index (χ0n) is 17.4. The molecule has 1 atom stereocenters. The minimum Gasteiger partial charge on any atom is -0.377 e. The maximum absolute atomic E-state index is 13.4. The molecule has 8 heteroatoms. The van der Waals surface area contributed by atoms with Gasteiger partial charge in [-0.25, -0.2) is 4.39 Å². The van der Waals surface area contributed by atoms with Crippen LogP contribution in [-0.2, 0) is 9.53 Å². The van der Waals surface area contributed by atoms with Crippen molar-refractivity contribution in [1.29, 1.82) is 0 Å². The summed E-state index contributed by atoms with van der Waals surface area (Å²) >= 11 is 1.36. The number of piperidine rings is 1. The number of amides is 1. The SMILES string of the molecule is CCOC1CCCN(C(=O)CSc2nnc(-c3ccc(F)cc3)n2-c2ccccc2)C1. The fourth-order valence-corrected chi connectivity index (χ4v) is 4.57. The number of rotatable bonds is 7. The molecule has 6 nitrogen and oxygen atoms in total. The smallest absolute Gasteiger partial charge is 0.233 e. The summed E-state index contributed by atoms with van der Waals surface area (Å²) in [4.78, 5) is 14.7. The monoisotopic (exact) mass is 440 g/mol. The number of ether oxygens (including phenoxy) is 1. The van der Waals surface area contributed by atoms with Crippen LogP contribution in [-0.4, -0.2) is 57.1 Å². The Morgan fingerprint density at radius 2 is 1.94 bits per heavy atom. The van der Waals surface area contributed by atoms with E-state index in [0.29, 0.717) is 24.1 Å². The number of halogens is 1. The van der Waals surface area contributed by atoms with Gasteiger partial charge in [0.05, 0.1) is 11.9 Å². The molecule has 1 saturated heterocycles. The number of hydrogen-bond acceptors (Lipinski definition) is 5. The van der Waals surface area contributed by atoms with Gasteiger partial charge in [0.1, 0.15) is 5.82 Å². The molecule has 0 radical (unpaired) electrons. The number of nitrogens with zero attached hydrogens (tertiary/aromatic N) is 4. The Morgan fingerprint density at radius 3 is 2.68 bits per heavy atom. The third kappa shape index (κ3) is 5.14. The Kier molecular flexibility index (Phi) is 6.99. The highest BCUT2D eigenvalue weighted by atomic mass is 32.2. The fraction of sp³-hybridized carbons (Fsp3) is 0.348. The van der Waals surface area contributed by atoms with Gasteiger partial charge < -0.3 is 9.64 Å². The minimum absolute atomic E-state index is 0.0698. The average molecular weight is 441 g/mol. The van der Waals surface area contributed by atoms with E-state index < -0.39 is 0 Å². The molecule has 1 amide bonds.